The highest BCUT2D eigenvalue weighted by molar-refractivity contribution is 5.86. The summed E-state index contributed by atoms with van der Waals surface area (Å²) >= 11 is 0. The largest absolute Gasteiger partial charge is 0.477 e. The van der Waals surface area contributed by atoms with E-state index >= 15 is 0 Å². The molecule has 118 valence electrons. The van der Waals surface area contributed by atoms with Crippen molar-refractivity contribution in [3.8, 4) is 22.8 Å². The molecule has 0 atom stereocenters. The zero-order valence-electron chi connectivity index (χ0n) is 12.1. The highest BCUT2D eigenvalue weighted by atomic mass is 16.4. The van der Waals surface area contributed by atoms with Crippen LogP contribution in [0.25, 0.3) is 22.8 Å². The lowest BCUT2D eigenvalue weighted by atomic mass is 10.2. The number of carboxylic acids is 2. The Morgan fingerprint density at radius 1 is 0.625 bits per heavy atom. The first-order valence-corrected chi connectivity index (χ1v) is 6.80. The number of hydrogen-bond acceptors (Lipinski definition) is 6. The van der Waals surface area contributed by atoms with Gasteiger partial charge in [-0.1, -0.05) is 12.1 Å². The second-order valence-electron chi connectivity index (χ2n) is 4.73. The highest BCUT2D eigenvalue weighted by Gasteiger charge is 2.10. The van der Waals surface area contributed by atoms with E-state index in [0.29, 0.717) is 22.8 Å². The topological polar surface area (TPSA) is 126 Å². The highest BCUT2D eigenvalue weighted by Crippen LogP contribution is 2.18. The quantitative estimate of drug-likeness (QED) is 0.746. The van der Waals surface area contributed by atoms with E-state index in [9.17, 15) is 9.59 Å². The predicted octanol–water partition coefficient (Wildman–Crippen LogP) is 2.00. The van der Waals surface area contributed by atoms with Gasteiger partial charge in [-0.05, 0) is 36.4 Å². The van der Waals surface area contributed by atoms with Crippen molar-refractivity contribution in [1.82, 2.24) is 20.2 Å². The van der Waals surface area contributed by atoms with Crippen LogP contribution in [-0.4, -0.2) is 42.3 Å². The summed E-state index contributed by atoms with van der Waals surface area (Å²) in [5, 5.41) is 25.9. The SMILES string of the molecule is O=C(O)c1cccc(-c2ccc(-c3cccc(C(=O)O)n3)nn2)n1. The average molecular weight is 322 g/mol. The second kappa shape index (κ2) is 6.21. The third-order valence-electron chi connectivity index (χ3n) is 3.13. The molecule has 0 fully saturated rings. The number of aromatic carboxylic acids is 2. The third kappa shape index (κ3) is 3.07. The van der Waals surface area contributed by atoms with Gasteiger partial charge < -0.3 is 10.2 Å². The van der Waals surface area contributed by atoms with E-state index in [0.717, 1.165) is 0 Å². The summed E-state index contributed by atoms with van der Waals surface area (Å²) < 4.78 is 0. The van der Waals surface area contributed by atoms with Crippen LogP contribution in [0.15, 0.2) is 48.5 Å². The Labute approximate surface area is 135 Å². The number of hydrogen-bond donors (Lipinski definition) is 2. The molecular weight excluding hydrogens is 312 g/mol. The van der Waals surface area contributed by atoms with Crippen molar-refractivity contribution in [2.45, 2.75) is 0 Å². The van der Waals surface area contributed by atoms with Gasteiger partial charge in [-0.15, -0.1) is 10.2 Å². The van der Waals surface area contributed by atoms with Gasteiger partial charge in [0.2, 0.25) is 0 Å². The van der Waals surface area contributed by atoms with E-state index in [1.165, 1.54) is 12.1 Å². The van der Waals surface area contributed by atoms with Crippen molar-refractivity contribution in [3.05, 3.63) is 59.9 Å². The molecule has 0 saturated carbocycles. The van der Waals surface area contributed by atoms with Crippen molar-refractivity contribution in [1.29, 1.82) is 0 Å². The van der Waals surface area contributed by atoms with Crippen LogP contribution >= 0.6 is 0 Å². The average Bonchev–Trinajstić information content (AvgIpc) is 2.62. The van der Waals surface area contributed by atoms with Gasteiger partial charge >= 0.3 is 11.9 Å². The van der Waals surface area contributed by atoms with Crippen molar-refractivity contribution in [2.24, 2.45) is 0 Å². The molecule has 3 rings (SSSR count). The lowest BCUT2D eigenvalue weighted by Crippen LogP contribution is -2.03. The van der Waals surface area contributed by atoms with Gasteiger partial charge in [0.15, 0.2) is 0 Å². The summed E-state index contributed by atoms with van der Waals surface area (Å²) in [5.41, 5.74) is 1.37. The van der Waals surface area contributed by atoms with E-state index in [4.69, 9.17) is 10.2 Å². The molecule has 3 heterocycles. The molecule has 0 radical (unpaired) electrons. The Morgan fingerprint density at radius 2 is 1.04 bits per heavy atom. The number of pyridine rings is 2. The molecule has 0 amide bonds. The van der Waals surface area contributed by atoms with E-state index in [1.807, 2.05) is 0 Å². The van der Waals surface area contributed by atoms with Crippen LogP contribution in [0.3, 0.4) is 0 Å². The zero-order chi connectivity index (χ0) is 17.1. The third-order valence-corrected chi connectivity index (χ3v) is 3.13. The van der Waals surface area contributed by atoms with Crippen molar-refractivity contribution in [2.75, 3.05) is 0 Å². The molecule has 0 aromatic carbocycles. The lowest BCUT2D eigenvalue weighted by Gasteiger charge is -2.03. The summed E-state index contributed by atoms with van der Waals surface area (Å²) in [4.78, 5) is 29.9. The van der Waals surface area contributed by atoms with E-state index in [1.54, 1.807) is 36.4 Å². The monoisotopic (exact) mass is 322 g/mol. The molecule has 0 aliphatic carbocycles. The summed E-state index contributed by atoms with van der Waals surface area (Å²) in [5.74, 6) is -2.26. The Morgan fingerprint density at radius 3 is 1.38 bits per heavy atom. The van der Waals surface area contributed by atoms with Crippen LogP contribution in [0.4, 0.5) is 0 Å². The second-order valence-corrected chi connectivity index (χ2v) is 4.73. The summed E-state index contributed by atoms with van der Waals surface area (Å²) in [6, 6.07) is 12.4. The van der Waals surface area contributed by atoms with Crippen LogP contribution in [0.1, 0.15) is 21.0 Å². The maximum Gasteiger partial charge on any atom is 0.354 e. The minimum atomic E-state index is -1.13. The number of carboxylic acid groups (broad SMARTS) is 2. The van der Waals surface area contributed by atoms with Gasteiger partial charge in [-0.3, -0.25) is 0 Å². The maximum atomic E-state index is 11.0. The van der Waals surface area contributed by atoms with Crippen LogP contribution < -0.4 is 0 Å². The molecule has 0 spiro atoms. The van der Waals surface area contributed by atoms with Gasteiger partial charge in [0, 0.05) is 0 Å². The van der Waals surface area contributed by atoms with Gasteiger partial charge in [-0.25, -0.2) is 19.6 Å². The molecule has 0 unspecified atom stereocenters. The molecule has 0 bridgehead atoms. The molecule has 8 nitrogen and oxygen atoms in total. The first-order chi connectivity index (χ1) is 11.5. The maximum absolute atomic E-state index is 11.0. The molecule has 0 aliphatic rings. The lowest BCUT2D eigenvalue weighted by molar-refractivity contribution is 0.0680. The van der Waals surface area contributed by atoms with Gasteiger partial charge in [0.1, 0.15) is 22.8 Å². The van der Waals surface area contributed by atoms with Crippen molar-refractivity contribution >= 4 is 11.9 Å². The van der Waals surface area contributed by atoms with Crippen LogP contribution in [0.5, 0.6) is 0 Å². The standard InChI is InChI=1S/C16H10N4O4/c21-15(22)13-5-1-3-9(17-13)11-7-8-12(20-19-11)10-4-2-6-14(18-10)16(23)24/h1-8H,(H,21,22)(H,23,24). The Kier molecular flexibility index (Phi) is 3.94. The number of carbonyl (C=O) groups is 2. The fraction of sp³-hybridized carbons (Fsp3) is 0. The molecule has 2 N–H and O–H groups in total. The van der Waals surface area contributed by atoms with Gasteiger partial charge in [0.25, 0.3) is 0 Å². The molecule has 0 saturated heterocycles. The molecular formula is C16H10N4O4. The predicted molar refractivity (Wildman–Crippen MR) is 82.4 cm³/mol. The Balaban J connectivity index is 1.94. The van der Waals surface area contributed by atoms with Crippen LogP contribution in [-0.2, 0) is 0 Å². The van der Waals surface area contributed by atoms with Crippen molar-refractivity contribution in [3.63, 3.8) is 0 Å². The first-order valence-electron chi connectivity index (χ1n) is 6.80. The Hall–Kier alpha value is -3.68. The number of rotatable bonds is 4. The molecule has 3 aromatic heterocycles. The van der Waals surface area contributed by atoms with E-state index in [2.05, 4.69) is 20.2 Å². The Bertz CT molecular complexity index is 849. The summed E-state index contributed by atoms with van der Waals surface area (Å²) in [6.45, 7) is 0. The smallest absolute Gasteiger partial charge is 0.354 e. The molecule has 3 aromatic rings. The van der Waals surface area contributed by atoms with Gasteiger partial charge in [0.05, 0.1) is 11.4 Å². The number of nitrogens with zero attached hydrogens (tertiary/aromatic N) is 4. The normalized spacial score (nSPS) is 10.3. The molecule has 8 heteroatoms. The molecule has 0 aliphatic heterocycles. The fourth-order valence-corrected chi connectivity index (χ4v) is 2.00. The minimum absolute atomic E-state index is 0.0887. The van der Waals surface area contributed by atoms with E-state index in [-0.39, 0.29) is 11.4 Å². The summed E-state index contributed by atoms with van der Waals surface area (Å²) in [6.07, 6.45) is 0. The summed E-state index contributed by atoms with van der Waals surface area (Å²) in [7, 11) is 0. The first kappa shape index (κ1) is 15.2. The minimum Gasteiger partial charge on any atom is -0.477 e. The molecule has 24 heavy (non-hydrogen) atoms. The van der Waals surface area contributed by atoms with Gasteiger partial charge in [-0.2, -0.15) is 0 Å². The van der Waals surface area contributed by atoms with E-state index < -0.39 is 11.9 Å². The van der Waals surface area contributed by atoms with Crippen molar-refractivity contribution < 1.29 is 19.8 Å². The zero-order valence-corrected chi connectivity index (χ0v) is 12.1. The fourth-order valence-electron chi connectivity index (χ4n) is 2.00. The van der Waals surface area contributed by atoms with Crippen LogP contribution in [0, 0.1) is 0 Å². The number of aromatic nitrogens is 4. The van der Waals surface area contributed by atoms with Crippen LogP contribution in [0.2, 0.25) is 0 Å².